The fraction of sp³-hybridized carbons (Fsp3) is 0.167. The Kier molecular flexibility index (Phi) is 5.19. The van der Waals surface area contributed by atoms with Crippen LogP contribution in [0.2, 0.25) is 0 Å². The molecule has 2 aromatic rings. The molecule has 0 radical (unpaired) electrons. The van der Waals surface area contributed by atoms with Crippen LogP contribution >= 0.6 is 23.5 Å². The minimum Gasteiger partial charge on any atom is -0.242 e. The lowest BCUT2D eigenvalue weighted by atomic mass is 10.2. The Bertz CT molecular complexity index is 633. The Morgan fingerprint density at radius 3 is 2.43 bits per heavy atom. The van der Waals surface area contributed by atoms with E-state index in [-0.39, 0.29) is 0 Å². The molecule has 0 bridgehead atoms. The van der Waals surface area contributed by atoms with E-state index in [1.807, 2.05) is 30.0 Å². The molecule has 1 heterocycles. The van der Waals surface area contributed by atoms with Crippen LogP contribution in [0, 0.1) is 0 Å². The van der Waals surface area contributed by atoms with E-state index in [2.05, 4.69) is 47.9 Å². The van der Waals surface area contributed by atoms with Crippen LogP contribution in [0.15, 0.2) is 81.5 Å². The molecule has 1 fully saturated rings. The molecule has 1 saturated heterocycles. The van der Waals surface area contributed by atoms with Crippen molar-refractivity contribution in [3.63, 3.8) is 0 Å². The predicted octanol–water partition coefficient (Wildman–Crippen LogP) is 5.92. The standard InChI is InChI=1S/C18H17NS2/c1-3-9-16(10-4-1)19-18-15(8-7-13-20-18)14-21-17-11-5-2-6-12-17/h1-6,9-12,14H,7-8,13H2. The highest BCUT2D eigenvalue weighted by atomic mass is 32.2. The predicted molar refractivity (Wildman–Crippen MR) is 95.6 cm³/mol. The highest BCUT2D eigenvalue weighted by Gasteiger charge is 2.14. The number of para-hydroxylation sites is 1. The Balaban J connectivity index is 1.80. The highest BCUT2D eigenvalue weighted by molar-refractivity contribution is 8.14. The second kappa shape index (κ2) is 7.53. The summed E-state index contributed by atoms with van der Waals surface area (Å²) < 4.78 is 0. The van der Waals surface area contributed by atoms with E-state index in [1.54, 1.807) is 11.8 Å². The van der Waals surface area contributed by atoms with Gasteiger partial charge in [0.05, 0.1) is 5.69 Å². The van der Waals surface area contributed by atoms with Crippen molar-refractivity contribution >= 4 is 34.3 Å². The minimum absolute atomic E-state index is 1.04. The van der Waals surface area contributed by atoms with E-state index < -0.39 is 0 Å². The Morgan fingerprint density at radius 2 is 1.67 bits per heavy atom. The van der Waals surface area contributed by atoms with Crippen molar-refractivity contribution in [2.45, 2.75) is 17.7 Å². The molecule has 0 spiro atoms. The van der Waals surface area contributed by atoms with Crippen molar-refractivity contribution in [3.05, 3.63) is 71.6 Å². The molecular weight excluding hydrogens is 294 g/mol. The average molecular weight is 311 g/mol. The Labute approximate surface area is 134 Å². The maximum atomic E-state index is 4.81. The largest absolute Gasteiger partial charge is 0.242 e. The topological polar surface area (TPSA) is 12.4 Å². The van der Waals surface area contributed by atoms with E-state index in [1.165, 1.54) is 27.7 Å². The number of hydrogen-bond acceptors (Lipinski definition) is 3. The first-order valence-electron chi connectivity index (χ1n) is 7.09. The maximum Gasteiger partial charge on any atom is 0.100 e. The van der Waals surface area contributed by atoms with Crippen LogP contribution in [0.25, 0.3) is 0 Å². The summed E-state index contributed by atoms with van der Waals surface area (Å²) in [6.07, 6.45) is 2.36. The van der Waals surface area contributed by atoms with E-state index in [9.17, 15) is 0 Å². The van der Waals surface area contributed by atoms with Gasteiger partial charge in [0, 0.05) is 4.90 Å². The minimum atomic E-state index is 1.04. The molecule has 2 aromatic carbocycles. The average Bonchev–Trinajstić information content (AvgIpc) is 2.56. The second-order valence-electron chi connectivity index (χ2n) is 4.78. The smallest absolute Gasteiger partial charge is 0.100 e. The molecule has 0 N–H and O–H groups in total. The highest BCUT2D eigenvalue weighted by Crippen LogP contribution is 2.31. The van der Waals surface area contributed by atoms with Crippen molar-refractivity contribution in [3.8, 4) is 0 Å². The first kappa shape index (κ1) is 14.5. The van der Waals surface area contributed by atoms with Gasteiger partial charge in [0.15, 0.2) is 0 Å². The molecule has 0 saturated carbocycles. The molecule has 1 nitrogen and oxygen atoms in total. The van der Waals surface area contributed by atoms with Gasteiger partial charge in [-0.25, -0.2) is 4.99 Å². The van der Waals surface area contributed by atoms with Gasteiger partial charge in [0.2, 0.25) is 0 Å². The SMILES string of the molecule is C(Sc1ccccc1)=C1CCCSC1=Nc1ccccc1. The van der Waals surface area contributed by atoms with Gasteiger partial charge < -0.3 is 0 Å². The number of hydrogen-bond donors (Lipinski definition) is 0. The third-order valence-electron chi connectivity index (χ3n) is 3.17. The van der Waals surface area contributed by atoms with Gasteiger partial charge in [0.25, 0.3) is 0 Å². The summed E-state index contributed by atoms with van der Waals surface area (Å²) in [6, 6.07) is 20.7. The summed E-state index contributed by atoms with van der Waals surface area (Å²) in [5, 5.41) is 3.44. The van der Waals surface area contributed by atoms with Crippen molar-refractivity contribution in [1.29, 1.82) is 0 Å². The van der Waals surface area contributed by atoms with Crippen LogP contribution in [0.3, 0.4) is 0 Å². The van der Waals surface area contributed by atoms with E-state index in [4.69, 9.17) is 4.99 Å². The quantitative estimate of drug-likeness (QED) is 0.652. The number of rotatable bonds is 3. The normalized spacial score (nSPS) is 19.0. The van der Waals surface area contributed by atoms with Crippen LogP contribution in [-0.4, -0.2) is 10.8 Å². The zero-order valence-electron chi connectivity index (χ0n) is 11.7. The summed E-state index contributed by atoms with van der Waals surface area (Å²) in [7, 11) is 0. The van der Waals surface area contributed by atoms with Gasteiger partial charge in [-0.3, -0.25) is 0 Å². The van der Waals surface area contributed by atoms with E-state index in [0.717, 1.165) is 12.1 Å². The summed E-state index contributed by atoms with van der Waals surface area (Å²) in [6.45, 7) is 0. The summed E-state index contributed by atoms with van der Waals surface area (Å²) >= 11 is 3.65. The van der Waals surface area contributed by atoms with Gasteiger partial charge in [-0.2, -0.15) is 0 Å². The van der Waals surface area contributed by atoms with E-state index in [0.29, 0.717) is 0 Å². The van der Waals surface area contributed by atoms with Crippen molar-refractivity contribution in [1.82, 2.24) is 0 Å². The van der Waals surface area contributed by atoms with Crippen molar-refractivity contribution in [2.24, 2.45) is 4.99 Å². The van der Waals surface area contributed by atoms with E-state index >= 15 is 0 Å². The monoisotopic (exact) mass is 311 g/mol. The molecule has 3 heteroatoms. The van der Waals surface area contributed by atoms with Gasteiger partial charge in [-0.15, -0.1) is 11.8 Å². The molecule has 106 valence electrons. The van der Waals surface area contributed by atoms with Crippen LogP contribution in [0.5, 0.6) is 0 Å². The number of thioether (sulfide) groups is 2. The molecule has 0 aromatic heterocycles. The van der Waals surface area contributed by atoms with Gasteiger partial charge in [-0.05, 0) is 53.8 Å². The van der Waals surface area contributed by atoms with Crippen molar-refractivity contribution in [2.75, 3.05) is 5.75 Å². The van der Waals surface area contributed by atoms with Gasteiger partial charge in [-0.1, -0.05) is 48.2 Å². The number of aliphatic imine (C=N–C) groups is 1. The lowest BCUT2D eigenvalue weighted by Gasteiger charge is -2.16. The lowest BCUT2D eigenvalue weighted by Crippen LogP contribution is -2.06. The molecule has 0 unspecified atom stereocenters. The first-order chi connectivity index (χ1) is 10.4. The van der Waals surface area contributed by atoms with Crippen LogP contribution < -0.4 is 0 Å². The third-order valence-corrected chi connectivity index (χ3v) is 5.24. The molecule has 0 atom stereocenters. The van der Waals surface area contributed by atoms with Crippen molar-refractivity contribution < 1.29 is 0 Å². The molecule has 0 aliphatic carbocycles. The number of nitrogens with zero attached hydrogens (tertiary/aromatic N) is 1. The Hall–Kier alpha value is -1.45. The second-order valence-corrected chi connectivity index (χ2v) is 6.80. The molecule has 1 aliphatic heterocycles. The molecule has 0 amide bonds. The first-order valence-corrected chi connectivity index (χ1v) is 8.96. The van der Waals surface area contributed by atoms with Crippen LogP contribution in [0.1, 0.15) is 12.8 Å². The molecule has 21 heavy (non-hydrogen) atoms. The fourth-order valence-corrected chi connectivity index (χ4v) is 4.00. The molecule has 3 rings (SSSR count). The molecule has 1 aliphatic rings. The van der Waals surface area contributed by atoms with Gasteiger partial charge in [0.1, 0.15) is 5.04 Å². The summed E-state index contributed by atoms with van der Waals surface area (Å²) in [4.78, 5) is 6.09. The zero-order chi connectivity index (χ0) is 14.3. The van der Waals surface area contributed by atoms with Gasteiger partial charge >= 0.3 is 0 Å². The Morgan fingerprint density at radius 1 is 0.952 bits per heavy atom. The van der Waals surface area contributed by atoms with Crippen LogP contribution in [-0.2, 0) is 0 Å². The fourth-order valence-electron chi connectivity index (χ4n) is 2.10. The summed E-state index contributed by atoms with van der Waals surface area (Å²) in [5.74, 6) is 1.17. The third kappa shape index (κ3) is 4.26. The number of benzene rings is 2. The molecular formula is C18H17NS2. The van der Waals surface area contributed by atoms with Crippen LogP contribution in [0.4, 0.5) is 5.69 Å². The summed E-state index contributed by atoms with van der Waals surface area (Å²) in [5.41, 5.74) is 2.40. The maximum absolute atomic E-state index is 4.81. The zero-order valence-corrected chi connectivity index (χ0v) is 13.4. The lowest BCUT2D eigenvalue weighted by molar-refractivity contribution is 0.945.